The van der Waals surface area contributed by atoms with Crippen molar-refractivity contribution in [1.29, 1.82) is 0 Å². The predicted octanol–water partition coefficient (Wildman–Crippen LogP) is 0.0740. The number of anilines is 1. The minimum absolute atomic E-state index is 0.0945. The number of ether oxygens (including phenoxy) is 1. The van der Waals surface area contributed by atoms with Crippen LogP contribution in [0.15, 0.2) is 16.9 Å². The molecule has 0 atom stereocenters. The van der Waals surface area contributed by atoms with Crippen LogP contribution in [-0.4, -0.2) is 38.2 Å². The van der Waals surface area contributed by atoms with Gasteiger partial charge in [-0.05, 0) is 20.8 Å². The second kappa shape index (κ2) is 6.20. The van der Waals surface area contributed by atoms with E-state index in [1.807, 2.05) is 0 Å². The summed E-state index contributed by atoms with van der Waals surface area (Å²) in [4.78, 5) is 41.3. The number of nitrogens with one attached hydrogen (secondary N) is 2. The van der Waals surface area contributed by atoms with Crippen molar-refractivity contribution in [1.82, 2.24) is 19.7 Å². The molecule has 0 aliphatic heterocycles. The van der Waals surface area contributed by atoms with Gasteiger partial charge in [-0.15, -0.1) is 0 Å². The Morgan fingerprint density at radius 2 is 2.05 bits per heavy atom. The molecule has 2 aromatic rings. The first-order chi connectivity index (χ1) is 10.4. The highest BCUT2D eigenvalue weighted by Gasteiger charge is 2.19. The lowest BCUT2D eigenvalue weighted by Crippen LogP contribution is -2.26. The molecule has 0 aliphatic carbocycles. The number of amides is 1. The van der Waals surface area contributed by atoms with Crippen LogP contribution in [0.4, 0.5) is 5.82 Å². The Morgan fingerprint density at radius 1 is 1.32 bits per heavy atom. The molecule has 22 heavy (non-hydrogen) atoms. The number of carbonyl (C=O) groups excluding carboxylic acids is 2. The maximum atomic E-state index is 11.7. The highest BCUT2D eigenvalue weighted by atomic mass is 16.5. The molecule has 0 bridgehead atoms. The van der Waals surface area contributed by atoms with Crippen LogP contribution in [0.5, 0.6) is 0 Å². The molecule has 0 aliphatic rings. The molecule has 2 aromatic heterocycles. The quantitative estimate of drug-likeness (QED) is 0.612. The maximum absolute atomic E-state index is 11.7. The van der Waals surface area contributed by atoms with Crippen LogP contribution in [-0.2, 0) is 14.3 Å². The highest BCUT2D eigenvalue weighted by molar-refractivity contribution is 6.37. The predicted molar refractivity (Wildman–Crippen MR) is 76.7 cm³/mol. The number of hydrogen-bond acceptors (Lipinski definition) is 6. The number of aromatic amines is 1. The summed E-state index contributed by atoms with van der Waals surface area (Å²) < 4.78 is 5.85. The van der Waals surface area contributed by atoms with Gasteiger partial charge in [-0.25, -0.2) is 9.78 Å². The smallest absolute Gasteiger partial charge is 0.397 e. The van der Waals surface area contributed by atoms with E-state index in [-0.39, 0.29) is 23.9 Å². The third kappa shape index (κ3) is 3.37. The number of H-pyrrole nitrogens is 1. The van der Waals surface area contributed by atoms with Gasteiger partial charge >= 0.3 is 11.9 Å². The van der Waals surface area contributed by atoms with Gasteiger partial charge in [0.25, 0.3) is 5.56 Å². The number of nitrogens with zero attached hydrogens (tertiary/aromatic N) is 3. The zero-order valence-electron chi connectivity index (χ0n) is 12.3. The molecule has 2 rings (SSSR count). The molecule has 0 saturated heterocycles. The van der Waals surface area contributed by atoms with E-state index in [0.29, 0.717) is 11.4 Å². The Labute approximate surface area is 125 Å². The van der Waals surface area contributed by atoms with Crippen molar-refractivity contribution in [3.63, 3.8) is 0 Å². The van der Waals surface area contributed by atoms with E-state index in [9.17, 15) is 14.4 Å². The van der Waals surface area contributed by atoms with Gasteiger partial charge < -0.3 is 10.1 Å². The van der Waals surface area contributed by atoms with Crippen LogP contribution in [0.3, 0.4) is 0 Å². The average Bonchev–Trinajstić information content (AvgIpc) is 2.78. The molecule has 9 nitrogen and oxygen atoms in total. The standard InChI is InChI=1S/C13H15N5O4/c1-4-22-12(21)11(20)15-9-5-8(3)17-18(9)13-14-7(2)6-10(19)16-13/h5-6H,4H2,1-3H3,(H,15,20)(H,14,16,19). The van der Waals surface area contributed by atoms with Gasteiger partial charge in [-0.3, -0.25) is 14.6 Å². The first kappa shape index (κ1) is 15.4. The van der Waals surface area contributed by atoms with Crippen LogP contribution in [0.25, 0.3) is 5.95 Å². The Balaban J connectivity index is 2.36. The maximum Gasteiger partial charge on any atom is 0.397 e. The summed E-state index contributed by atoms with van der Waals surface area (Å²) in [5.41, 5.74) is 0.719. The van der Waals surface area contributed by atoms with Crippen LogP contribution in [0.2, 0.25) is 0 Å². The van der Waals surface area contributed by atoms with Gasteiger partial charge in [0, 0.05) is 17.8 Å². The summed E-state index contributed by atoms with van der Waals surface area (Å²) in [6.45, 7) is 5.05. The first-order valence-electron chi connectivity index (χ1n) is 6.54. The largest absolute Gasteiger partial charge is 0.459 e. The van der Waals surface area contributed by atoms with E-state index in [4.69, 9.17) is 0 Å². The van der Waals surface area contributed by atoms with Crippen molar-refractivity contribution < 1.29 is 14.3 Å². The SMILES string of the molecule is CCOC(=O)C(=O)Nc1cc(C)nn1-c1nc(C)cc(=O)[nH]1. The summed E-state index contributed by atoms with van der Waals surface area (Å²) >= 11 is 0. The second-order valence-electron chi connectivity index (χ2n) is 4.47. The van der Waals surface area contributed by atoms with Crippen molar-refractivity contribution >= 4 is 17.7 Å². The van der Waals surface area contributed by atoms with Crippen molar-refractivity contribution in [2.24, 2.45) is 0 Å². The fourth-order valence-electron chi connectivity index (χ4n) is 1.78. The monoisotopic (exact) mass is 305 g/mol. The zero-order valence-corrected chi connectivity index (χ0v) is 12.3. The van der Waals surface area contributed by atoms with E-state index in [1.165, 1.54) is 10.7 Å². The molecular formula is C13H15N5O4. The fourth-order valence-corrected chi connectivity index (χ4v) is 1.78. The summed E-state index contributed by atoms with van der Waals surface area (Å²) in [6.07, 6.45) is 0. The molecule has 0 saturated carbocycles. The molecule has 2 N–H and O–H groups in total. The van der Waals surface area contributed by atoms with Gasteiger partial charge in [0.15, 0.2) is 0 Å². The van der Waals surface area contributed by atoms with E-state index < -0.39 is 11.9 Å². The normalized spacial score (nSPS) is 10.3. The number of esters is 1. The van der Waals surface area contributed by atoms with E-state index in [0.717, 1.165) is 0 Å². The third-order valence-corrected chi connectivity index (χ3v) is 2.59. The van der Waals surface area contributed by atoms with Gasteiger partial charge in [0.2, 0.25) is 5.95 Å². The number of aromatic nitrogens is 4. The Kier molecular flexibility index (Phi) is 4.35. The van der Waals surface area contributed by atoms with Gasteiger partial charge in [-0.2, -0.15) is 9.78 Å². The summed E-state index contributed by atoms with van der Waals surface area (Å²) in [5, 5.41) is 6.52. The topological polar surface area (TPSA) is 119 Å². The third-order valence-electron chi connectivity index (χ3n) is 2.59. The number of aryl methyl sites for hydroxylation is 2. The summed E-state index contributed by atoms with van der Waals surface area (Å²) in [7, 11) is 0. The van der Waals surface area contributed by atoms with E-state index >= 15 is 0 Å². The first-order valence-corrected chi connectivity index (χ1v) is 6.54. The Bertz CT molecular complexity index is 777. The van der Waals surface area contributed by atoms with Gasteiger partial charge in [-0.1, -0.05) is 0 Å². The van der Waals surface area contributed by atoms with Crippen molar-refractivity contribution in [3.05, 3.63) is 33.9 Å². The average molecular weight is 305 g/mol. The Hall–Kier alpha value is -2.97. The minimum Gasteiger partial charge on any atom is -0.459 e. The molecule has 1 amide bonds. The van der Waals surface area contributed by atoms with E-state index in [1.54, 1.807) is 26.8 Å². The molecule has 9 heteroatoms. The van der Waals surface area contributed by atoms with Crippen LogP contribution >= 0.6 is 0 Å². The molecular weight excluding hydrogens is 290 g/mol. The lowest BCUT2D eigenvalue weighted by atomic mass is 10.4. The van der Waals surface area contributed by atoms with E-state index in [2.05, 4.69) is 25.1 Å². The molecule has 0 fully saturated rings. The Morgan fingerprint density at radius 3 is 2.68 bits per heavy atom. The fraction of sp³-hybridized carbons (Fsp3) is 0.308. The minimum atomic E-state index is -1.00. The number of hydrogen-bond donors (Lipinski definition) is 2. The van der Waals surface area contributed by atoms with Gasteiger partial charge in [0.05, 0.1) is 12.3 Å². The molecule has 2 heterocycles. The van der Waals surface area contributed by atoms with Gasteiger partial charge in [0.1, 0.15) is 5.82 Å². The molecule has 116 valence electrons. The van der Waals surface area contributed by atoms with Crippen molar-refractivity contribution in [2.45, 2.75) is 20.8 Å². The highest BCUT2D eigenvalue weighted by Crippen LogP contribution is 2.13. The molecule has 0 aromatic carbocycles. The molecule has 0 spiro atoms. The van der Waals surface area contributed by atoms with Crippen molar-refractivity contribution in [3.8, 4) is 5.95 Å². The lowest BCUT2D eigenvalue weighted by molar-refractivity contribution is -0.152. The summed E-state index contributed by atoms with van der Waals surface area (Å²) in [5.74, 6) is -1.60. The summed E-state index contributed by atoms with van der Waals surface area (Å²) in [6, 6.07) is 2.87. The van der Waals surface area contributed by atoms with Crippen molar-refractivity contribution in [2.75, 3.05) is 11.9 Å². The van der Waals surface area contributed by atoms with Crippen LogP contribution in [0, 0.1) is 13.8 Å². The van der Waals surface area contributed by atoms with Crippen LogP contribution < -0.4 is 10.9 Å². The lowest BCUT2D eigenvalue weighted by Gasteiger charge is -2.07. The van der Waals surface area contributed by atoms with Crippen LogP contribution in [0.1, 0.15) is 18.3 Å². The number of rotatable bonds is 3. The number of carbonyl (C=O) groups is 2. The molecule has 0 unspecified atom stereocenters. The molecule has 0 radical (unpaired) electrons. The zero-order chi connectivity index (χ0) is 16.3. The second-order valence-corrected chi connectivity index (χ2v) is 4.47.